The summed E-state index contributed by atoms with van der Waals surface area (Å²) < 4.78 is 12.6. The molecule has 0 radical (unpaired) electrons. The highest BCUT2D eigenvalue weighted by atomic mass is 16.5. The molecule has 0 saturated heterocycles. The lowest BCUT2D eigenvalue weighted by molar-refractivity contribution is 0.171. The predicted molar refractivity (Wildman–Crippen MR) is 116 cm³/mol. The standard InChI is InChI=1S/C23H27N3O3/c1-4-17(2)18-9-11-20(12-10-18)29-14-13-26-16-19(15-24-25-23(27)28-3)21-7-5-6-8-22(21)26/h5-12,15-17H,4,13-14H2,1-3H3,(H,25,27). The van der Waals surface area contributed by atoms with Crippen LogP contribution in [0, 0.1) is 0 Å². The van der Waals surface area contributed by atoms with Crippen LogP contribution in [0.2, 0.25) is 0 Å². The van der Waals surface area contributed by atoms with Crippen LogP contribution in [-0.2, 0) is 11.3 Å². The highest BCUT2D eigenvalue weighted by Gasteiger charge is 2.07. The van der Waals surface area contributed by atoms with Crippen LogP contribution in [0.15, 0.2) is 59.8 Å². The van der Waals surface area contributed by atoms with E-state index in [1.807, 2.05) is 36.5 Å². The first-order valence-corrected chi connectivity index (χ1v) is 9.80. The molecular weight excluding hydrogens is 366 g/mol. The molecule has 6 heteroatoms. The van der Waals surface area contributed by atoms with Crippen LogP contribution >= 0.6 is 0 Å². The maximum Gasteiger partial charge on any atom is 0.427 e. The van der Waals surface area contributed by atoms with Gasteiger partial charge in [-0.1, -0.05) is 44.2 Å². The molecule has 1 unspecified atom stereocenters. The van der Waals surface area contributed by atoms with Gasteiger partial charge in [0.1, 0.15) is 12.4 Å². The number of nitrogens with zero attached hydrogens (tertiary/aromatic N) is 2. The van der Waals surface area contributed by atoms with Crippen molar-refractivity contribution in [3.05, 3.63) is 65.9 Å². The van der Waals surface area contributed by atoms with E-state index in [-0.39, 0.29) is 0 Å². The zero-order valence-corrected chi connectivity index (χ0v) is 17.1. The second kappa shape index (κ2) is 9.78. The largest absolute Gasteiger partial charge is 0.492 e. The maximum atomic E-state index is 11.2. The van der Waals surface area contributed by atoms with E-state index in [9.17, 15) is 4.79 Å². The summed E-state index contributed by atoms with van der Waals surface area (Å²) in [6.45, 7) is 5.68. The Bertz CT molecular complexity index is 977. The number of aromatic nitrogens is 1. The summed E-state index contributed by atoms with van der Waals surface area (Å²) in [5, 5.41) is 5.00. The van der Waals surface area contributed by atoms with E-state index < -0.39 is 6.09 Å². The fraction of sp³-hybridized carbons (Fsp3) is 0.304. The van der Waals surface area contributed by atoms with Gasteiger partial charge in [-0.3, -0.25) is 0 Å². The molecule has 152 valence electrons. The van der Waals surface area contributed by atoms with E-state index in [1.54, 1.807) is 6.21 Å². The summed E-state index contributed by atoms with van der Waals surface area (Å²) in [4.78, 5) is 11.2. The number of carbonyl (C=O) groups is 1. The molecule has 0 aliphatic carbocycles. The Kier molecular flexibility index (Phi) is 6.89. The number of amides is 1. The van der Waals surface area contributed by atoms with Gasteiger partial charge in [0.15, 0.2) is 0 Å². The molecule has 3 rings (SSSR count). The van der Waals surface area contributed by atoms with Crippen LogP contribution < -0.4 is 10.2 Å². The average Bonchev–Trinajstić information content (AvgIpc) is 3.11. The average molecular weight is 393 g/mol. The highest BCUT2D eigenvalue weighted by Crippen LogP contribution is 2.22. The zero-order chi connectivity index (χ0) is 20.6. The molecule has 0 aliphatic heterocycles. The van der Waals surface area contributed by atoms with Crippen molar-refractivity contribution >= 4 is 23.2 Å². The number of fused-ring (bicyclic) bond motifs is 1. The second-order valence-electron chi connectivity index (χ2n) is 6.88. The Morgan fingerprint density at radius 1 is 1.21 bits per heavy atom. The van der Waals surface area contributed by atoms with Crippen molar-refractivity contribution in [3.8, 4) is 5.75 Å². The lowest BCUT2D eigenvalue weighted by Crippen LogP contribution is -2.16. The molecule has 1 amide bonds. The lowest BCUT2D eigenvalue weighted by atomic mass is 9.99. The number of hydrogen-bond donors (Lipinski definition) is 1. The highest BCUT2D eigenvalue weighted by molar-refractivity contribution is 5.99. The summed E-state index contributed by atoms with van der Waals surface area (Å²) in [6, 6.07) is 16.4. The molecule has 3 aromatic rings. The van der Waals surface area contributed by atoms with Crippen LogP contribution in [0.1, 0.15) is 37.3 Å². The number of ether oxygens (including phenoxy) is 2. The molecule has 0 fully saturated rings. The van der Waals surface area contributed by atoms with Crippen molar-refractivity contribution in [2.45, 2.75) is 32.7 Å². The normalized spacial score (nSPS) is 12.2. The smallest absolute Gasteiger partial charge is 0.427 e. The van der Waals surface area contributed by atoms with Crippen molar-refractivity contribution in [1.82, 2.24) is 9.99 Å². The van der Waals surface area contributed by atoms with Crippen LogP contribution in [0.3, 0.4) is 0 Å². The minimum Gasteiger partial charge on any atom is -0.492 e. The first kappa shape index (κ1) is 20.5. The number of hydrazone groups is 1. The number of benzene rings is 2. The van der Waals surface area contributed by atoms with Gasteiger partial charge in [0.05, 0.1) is 19.9 Å². The molecule has 1 N–H and O–H groups in total. The molecule has 6 nitrogen and oxygen atoms in total. The van der Waals surface area contributed by atoms with Gasteiger partial charge in [-0.2, -0.15) is 5.10 Å². The van der Waals surface area contributed by atoms with Gasteiger partial charge in [-0.25, -0.2) is 10.2 Å². The number of hydrogen-bond acceptors (Lipinski definition) is 4. The SMILES string of the molecule is CCC(C)c1ccc(OCCn2cc(C=NNC(=O)OC)c3ccccc32)cc1. The topological polar surface area (TPSA) is 64.8 Å². The third-order valence-electron chi connectivity index (χ3n) is 5.03. The van der Waals surface area contributed by atoms with Gasteiger partial charge in [0.2, 0.25) is 0 Å². The third-order valence-corrected chi connectivity index (χ3v) is 5.03. The molecular formula is C23H27N3O3. The Morgan fingerprint density at radius 2 is 1.97 bits per heavy atom. The molecule has 0 spiro atoms. The Balaban J connectivity index is 1.66. The molecule has 0 saturated carbocycles. The van der Waals surface area contributed by atoms with Crippen LogP contribution in [0.4, 0.5) is 4.79 Å². The van der Waals surface area contributed by atoms with E-state index in [0.29, 0.717) is 19.1 Å². The summed E-state index contributed by atoms with van der Waals surface area (Å²) >= 11 is 0. The molecule has 1 atom stereocenters. The second-order valence-corrected chi connectivity index (χ2v) is 6.88. The number of carbonyl (C=O) groups excluding carboxylic acids is 1. The van der Waals surface area contributed by atoms with Crippen molar-refractivity contribution < 1.29 is 14.3 Å². The molecule has 29 heavy (non-hydrogen) atoms. The summed E-state index contributed by atoms with van der Waals surface area (Å²) in [5.41, 5.74) is 5.64. The Morgan fingerprint density at radius 3 is 2.69 bits per heavy atom. The van der Waals surface area contributed by atoms with E-state index in [4.69, 9.17) is 4.74 Å². The summed E-state index contributed by atoms with van der Waals surface area (Å²) in [6.07, 6.45) is 4.15. The van der Waals surface area contributed by atoms with E-state index in [0.717, 1.165) is 28.6 Å². The molecule has 0 aliphatic rings. The van der Waals surface area contributed by atoms with Crippen molar-refractivity contribution in [3.63, 3.8) is 0 Å². The van der Waals surface area contributed by atoms with Crippen molar-refractivity contribution in [1.29, 1.82) is 0 Å². The number of para-hydroxylation sites is 1. The molecule has 1 aromatic heterocycles. The Hall–Kier alpha value is -3.28. The minimum atomic E-state index is -0.599. The van der Waals surface area contributed by atoms with Gasteiger partial charge < -0.3 is 14.0 Å². The molecule has 2 aromatic carbocycles. The van der Waals surface area contributed by atoms with Crippen molar-refractivity contribution in [2.24, 2.45) is 5.10 Å². The zero-order valence-electron chi connectivity index (χ0n) is 17.1. The maximum absolute atomic E-state index is 11.2. The first-order valence-electron chi connectivity index (χ1n) is 9.80. The van der Waals surface area contributed by atoms with Gasteiger partial charge in [0, 0.05) is 22.7 Å². The molecule has 0 bridgehead atoms. The van der Waals surface area contributed by atoms with Crippen LogP contribution in [0.25, 0.3) is 10.9 Å². The minimum absolute atomic E-state index is 0.554. The summed E-state index contributed by atoms with van der Waals surface area (Å²) in [5.74, 6) is 1.43. The van der Waals surface area contributed by atoms with Crippen molar-refractivity contribution in [2.75, 3.05) is 13.7 Å². The van der Waals surface area contributed by atoms with Crippen LogP contribution in [-0.4, -0.2) is 30.6 Å². The van der Waals surface area contributed by atoms with E-state index >= 15 is 0 Å². The summed E-state index contributed by atoms with van der Waals surface area (Å²) in [7, 11) is 1.30. The Labute approximate surface area is 171 Å². The first-order chi connectivity index (χ1) is 14.1. The lowest BCUT2D eigenvalue weighted by Gasteiger charge is -2.11. The van der Waals surface area contributed by atoms with E-state index in [2.05, 4.69) is 51.9 Å². The van der Waals surface area contributed by atoms with Gasteiger partial charge in [0.25, 0.3) is 0 Å². The van der Waals surface area contributed by atoms with Gasteiger partial charge >= 0.3 is 6.09 Å². The monoisotopic (exact) mass is 393 g/mol. The number of rotatable bonds is 8. The predicted octanol–water partition coefficient (Wildman–Crippen LogP) is 4.92. The quantitative estimate of drug-likeness (QED) is 0.436. The number of nitrogens with one attached hydrogen (secondary N) is 1. The van der Waals surface area contributed by atoms with Gasteiger partial charge in [-0.05, 0) is 36.1 Å². The third kappa shape index (κ3) is 5.16. The number of methoxy groups -OCH3 is 1. The van der Waals surface area contributed by atoms with Crippen LogP contribution in [0.5, 0.6) is 5.75 Å². The fourth-order valence-corrected chi connectivity index (χ4v) is 3.15. The van der Waals surface area contributed by atoms with E-state index in [1.165, 1.54) is 12.7 Å². The fourth-order valence-electron chi connectivity index (χ4n) is 3.15. The van der Waals surface area contributed by atoms with Gasteiger partial charge in [-0.15, -0.1) is 0 Å². The molecule has 1 heterocycles.